The second-order valence-electron chi connectivity index (χ2n) is 5.19. The summed E-state index contributed by atoms with van der Waals surface area (Å²) in [6.07, 6.45) is 2.06. The summed E-state index contributed by atoms with van der Waals surface area (Å²) in [6.45, 7) is 3.53. The van der Waals surface area contributed by atoms with E-state index in [1.807, 2.05) is 25.1 Å². The molecule has 1 aromatic carbocycles. The molecule has 0 saturated carbocycles. The number of rotatable bonds is 6. The SMILES string of the molecule is CCOc1ccc(CC2(C(=O)OC)CCCO2)cc1CN.Cl. The monoisotopic (exact) mass is 329 g/mol. The van der Waals surface area contributed by atoms with Crippen LogP contribution in [0.1, 0.15) is 30.9 Å². The Morgan fingerprint density at radius 1 is 1.45 bits per heavy atom. The van der Waals surface area contributed by atoms with Gasteiger partial charge in [-0.15, -0.1) is 12.4 Å². The average Bonchev–Trinajstić information content (AvgIpc) is 2.98. The van der Waals surface area contributed by atoms with Crippen LogP contribution in [0.25, 0.3) is 0 Å². The van der Waals surface area contributed by atoms with Crippen molar-refractivity contribution in [3.05, 3.63) is 29.3 Å². The molecule has 1 saturated heterocycles. The zero-order chi connectivity index (χ0) is 15.3. The van der Waals surface area contributed by atoms with Crippen molar-refractivity contribution in [2.45, 2.75) is 38.3 Å². The fraction of sp³-hybridized carbons (Fsp3) is 0.562. The van der Waals surface area contributed by atoms with Crippen LogP contribution in [0.4, 0.5) is 0 Å². The van der Waals surface area contributed by atoms with Crippen LogP contribution in [0.15, 0.2) is 18.2 Å². The van der Waals surface area contributed by atoms with Gasteiger partial charge in [0.05, 0.1) is 13.7 Å². The number of ether oxygens (including phenoxy) is 3. The van der Waals surface area contributed by atoms with Crippen LogP contribution in [0.5, 0.6) is 5.75 Å². The van der Waals surface area contributed by atoms with Gasteiger partial charge in [-0.2, -0.15) is 0 Å². The van der Waals surface area contributed by atoms with Gasteiger partial charge in [0.25, 0.3) is 0 Å². The lowest BCUT2D eigenvalue weighted by atomic mass is 9.91. The first-order chi connectivity index (χ1) is 10.1. The minimum Gasteiger partial charge on any atom is -0.494 e. The molecule has 1 aliphatic rings. The van der Waals surface area contributed by atoms with Gasteiger partial charge in [0.1, 0.15) is 5.75 Å². The summed E-state index contributed by atoms with van der Waals surface area (Å²) < 4.78 is 16.2. The predicted octanol–water partition coefficient (Wildman–Crippen LogP) is 2.23. The first-order valence-corrected chi connectivity index (χ1v) is 7.32. The Hall–Kier alpha value is -1.30. The van der Waals surface area contributed by atoms with Crippen molar-refractivity contribution in [1.29, 1.82) is 0 Å². The predicted molar refractivity (Wildman–Crippen MR) is 86.4 cm³/mol. The molecule has 5 nitrogen and oxygen atoms in total. The smallest absolute Gasteiger partial charge is 0.338 e. The normalized spacial score (nSPS) is 20.3. The summed E-state index contributed by atoms with van der Waals surface area (Å²) >= 11 is 0. The molecule has 0 radical (unpaired) electrons. The van der Waals surface area contributed by atoms with E-state index in [-0.39, 0.29) is 18.4 Å². The molecule has 124 valence electrons. The highest BCUT2D eigenvalue weighted by atomic mass is 35.5. The Morgan fingerprint density at radius 3 is 2.77 bits per heavy atom. The largest absolute Gasteiger partial charge is 0.494 e. The number of esters is 1. The number of hydrogen-bond donors (Lipinski definition) is 1. The van der Waals surface area contributed by atoms with Crippen molar-refractivity contribution in [1.82, 2.24) is 0 Å². The van der Waals surface area contributed by atoms with Gasteiger partial charge >= 0.3 is 5.97 Å². The third-order valence-electron chi connectivity index (χ3n) is 3.80. The van der Waals surface area contributed by atoms with Gasteiger partial charge < -0.3 is 19.9 Å². The summed E-state index contributed by atoms with van der Waals surface area (Å²) in [5, 5.41) is 0. The van der Waals surface area contributed by atoms with Gasteiger partial charge in [-0.05, 0) is 31.4 Å². The molecule has 1 aliphatic heterocycles. The van der Waals surface area contributed by atoms with E-state index in [1.165, 1.54) is 7.11 Å². The number of carbonyl (C=O) groups excluding carboxylic acids is 1. The van der Waals surface area contributed by atoms with Crippen molar-refractivity contribution in [3.63, 3.8) is 0 Å². The molecule has 1 heterocycles. The maximum Gasteiger partial charge on any atom is 0.338 e. The first kappa shape index (κ1) is 18.7. The lowest BCUT2D eigenvalue weighted by Gasteiger charge is -2.25. The van der Waals surface area contributed by atoms with E-state index in [4.69, 9.17) is 19.9 Å². The Labute approximate surface area is 137 Å². The van der Waals surface area contributed by atoms with Crippen LogP contribution < -0.4 is 10.5 Å². The van der Waals surface area contributed by atoms with Crippen molar-refractivity contribution in [3.8, 4) is 5.75 Å². The van der Waals surface area contributed by atoms with Crippen molar-refractivity contribution < 1.29 is 19.0 Å². The standard InChI is InChI=1S/C16H23NO4.ClH/c1-3-20-14-6-5-12(9-13(14)11-17)10-16(15(18)19-2)7-4-8-21-16;/h5-6,9H,3-4,7-8,10-11,17H2,1-2H3;1H. The van der Waals surface area contributed by atoms with Crippen LogP contribution in [0.3, 0.4) is 0 Å². The number of carbonyl (C=O) groups is 1. The Bertz CT molecular complexity index is 501. The van der Waals surface area contributed by atoms with E-state index >= 15 is 0 Å². The highest BCUT2D eigenvalue weighted by Gasteiger charge is 2.43. The molecule has 22 heavy (non-hydrogen) atoms. The highest BCUT2D eigenvalue weighted by molar-refractivity contribution is 5.85. The molecule has 1 aromatic rings. The zero-order valence-corrected chi connectivity index (χ0v) is 13.9. The number of benzene rings is 1. The van der Waals surface area contributed by atoms with Crippen LogP contribution in [0, 0.1) is 0 Å². The van der Waals surface area contributed by atoms with E-state index in [0.717, 1.165) is 23.3 Å². The summed E-state index contributed by atoms with van der Waals surface area (Å²) in [6, 6.07) is 5.84. The Morgan fingerprint density at radius 2 is 2.23 bits per heavy atom. The second-order valence-corrected chi connectivity index (χ2v) is 5.19. The molecule has 2 N–H and O–H groups in total. The summed E-state index contributed by atoms with van der Waals surface area (Å²) in [5.41, 5.74) is 6.86. The Kier molecular flexibility index (Phi) is 7.13. The van der Waals surface area contributed by atoms with Crippen molar-refractivity contribution in [2.24, 2.45) is 5.73 Å². The first-order valence-electron chi connectivity index (χ1n) is 7.32. The zero-order valence-electron chi connectivity index (χ0n) is 13.1. The van der Waals surface area contributed by atoms with E-state index in [2.05, 4.69) is 0 Å². The van der Waals surface area contributed by atoms with Crippen LogP contribution in [0.2, 0.25) is 0 Å². The molecular formula is C16H24ClNO4. The summed E-state index contributed by atoms with van der Waals surface area (Å²) in [4.78, 5) is 12.1. The molecular weight excluding hydrogens is 306 g/mol. The molecule has 2 rings (SSSR count). The lowest BCUT2D eigenvalue weighted by Crippen LogP contribution is -2.41. The van der Waals surface area contributed by atoms with Crippen LogP contribution in [-0.2, 0) is 27.2 Å². The molecule has 1 fully saturated rings. The Balaban J connectivity index is 0.00000242. The van der Waals surface area contributed by atoms with Crippen molar-refractivity contribution >= 4 is 18.4 Å². The van der Waals surface area contributed by atoms with E-state index in [0.29, 0.717) is 32.6 Å². The maximum absolute atomic E-state index is 12.1. The molecule has 0 bridgehead atoms. The van der Waals surface area contributed by atoms with Crippen LogP contribution >= 0.6 is 12.4 Å². The summed E-state index contributed by atoms with van der Waals surface area (Å²) in [7, 11) is 1.40. The molecule has 0 aromatic heterocycles. The lowest BCUT2D eigenvalue weighted by molar-refractivity contribution is -0.163. The third-order valence-corrected chi connectivity index (χ3v) is 3.80. The summed E-state index contributed by atoms with van der Waals surface area (Å²) in [5.74, 6) is 0.492. The maximum atomic E-state index is 12.1. The quantitative estimate of drug-likeness (QED) is 0.810. The highest BCUT2D eigenvalue weighted by Crippen LogP contribution is 2.32. The fourth-order valence-electron chi connectivity index (χ4n) is 2.78. The van der Waals surface area contributed by atoms with Gasteiger partial charge in [-0.25, -0.2) is 4.79 Å². The molecule has 6 heteroatoms. The molecule has 0 spiro atoms. The molecule has 1 atom stereocenters. The van der Waals surface area contributed by atoms with E-state index in [9.17, 15) is 4.79 Å². The number of methoxy groups -OCH3 is 1. The molecule has 0 amide bonds. The minimum absolute atomic E-state index is 0. The van der Waals surface area contributed by atoms with Gasteiger partial charge in [-0.3, -0.25) is 0 Å². The minimum atomic E-state index is -0.853. The fourth-order valence-corrected chi connectivity index (χ4v) is 2.78. The average molecular weight is 330 g/mol. The molecule has 1 unspecified atom stereocenters. The van der Waals surface area contributed by atoms with Crippen molar-refractivity contribution in [2.75, 3.05) is 20.3 Å². The van der Waals surface area contributed by atoms with Gasteiger partial charge in [0.2, 0.25) is 0 Å². The van der Waals surface area contributed by atoms with Gasteiger partial charge in [-0.1, -0.05) is 12.1 Å². The van der Waals surface area contributed by atoms with E-state index in [1.54, 1.807) is 0 Å². The van der Waals surface area contributed by atoms with Gasteiger partial charge in [0, 0.05) is 25.1 Å². The van der Waals surface area contributed by atoms with Crippen LogP contribution in [-0.4, -0.2) is 31.9 Å². The topological polar surface area (TPSA) is 70.8 Å². The number of halogens is 1. The number of hydrogen-bond acceptors (Lipinski definition) is 5. The van der Waals surface area contributed by atoms with E-state index < -0.39 is 5.60 Å². The van der Waals surface area contributed by atoms with Gasteiger partial charge in [0.15, 0.2) is 5.60 Å². The third kappa shape index (κ3) is 3.91. The number of nitrogens with two attached hydrogens (primary N) is 1. The second kappa shape index (κ2) is 8.36. The molecule has 0 aliphatic carbocycles.